The Morgan fingerprint density at radius 1 is 1.27 bits per heavy atom. The van der Waals surface area contributed by atoms with E-state index in [1.807, 2.05) is 24.4 Å². The van der Waals surface area contributed by atoms with E-state index in [-0.39, 0.29) is 6.10 Å². The van der Waals surface area contributed by atoms with Gasteiger partial charge in [0.15, 0.2) is 0 Å². The van der Waals surface area contributed by atoms with Crippen molar-refractivity contribution in [3.05, 3.63) is 66.4 Å². The highest BCUT2D eigenvalue weighted by molar-refractivity contribution is 5.82. The molecule has 5 rings (SSSR count). The monoisotopic (exact) mass is 401 g/mol. The van der Waals surface area contributed by atoms with E-state index in [2.05, 4.69) is 50.8 Å². The molecule has 2 N–H and O–H groups in total. The lowest BCUT2D eigenvalue weighted by Gasteiger charge is -2.15. The van der Waals surface area contributed by atoms with Gasteiger partial charge in [-0.05, 0) is 49.2 Å². The zero-order valence-electron chi connectivity index (χ0n) is 16.7. The quantitative estimate of drug-likeness (QED) is 0.513. The summed E-state index contributed by atoms with van der Waals surface area (Å²) in [5, 5.41) is 11.8. The van der Waals surface area contributed by atoms with E-state index < -0.39 is 0 Å². The maximum atomic E-state index is 6.18. The molecule has 1 atom stereocenters. The maximum Gasteiger partial charge on any atom is 0.227 e. The average Bonchev–Trinajstić information content (AvgIpc) is 3.43. The van der Waals surface area contributed by atoms with Gasteiger partial charge in [-0.2, -0.15) is 5.10 Å². The van der Waals surface area contributed by atoms with Crippen molar-refractivity contribution in [3.8, 4) is 5.75 Å². The summed E-state index contributed by atoms with van der Waals surface area (Å²) >= 11 is 0. The van der Waals surface area contributed by atoms with Crippen LogP contribution in [0.5, 0.6) is 5.75 Å². The van der Waals surface area contributed by atoms with Crippen LogP contribution in [0.4, 0.5) is 11.6 Å². The van der Waals surface area contributed by atoms with Crippen LogP contribution in [-0.4, -0.2) is 43.9 Å². The molecule has 152 valence electrons. The Bertz CT molecular complexity index is 1150. The van der Waals surface area contributed by atoms with Crippen LogP contribution >= 0.6 is 0 Å². The van der Waals surface area contributed by atoms with E-state index in [4.69, 9.17) is 9.72 Å². The molecule has 1 aliphatic heterocycles. The number of hydrogen-bond donors (Lipinski definition) is 2. The summed E-state index contributed by atoms with van der Waals surface area (Å²) in [5.41, 5.74) is 3.99. The molecule has 1 fully saturated rings. The van der Waals surface area contributed by atoms with Crippen LogP contribution in [-0.2, 0) is 6.54 Å². The first-order chi connectivity index (χ1) is 14.7. The average molecular weight is 401 g/mol. The molecule has 0 aliphatic carbocycles. The molecule has 1 unspecified atom stereocenters. The second-order valence-corrected chi connectivity index (χ2v) is 7.52. The van der Waals surface area contributed by atoms with Crippen LogP contribution in [0.3, 0.4) is 0 Å². The minimum absolute atomic E-state index is 0.216. The number of nitrogens with one attached hydrogen (secondary N) is 2. The maximum absolute atomic E-state index is 6.18. The lowest BCUT2D eigenvalue weighted by molar-refractivity contribution is 0.222. The molecule has 8 nitrogen and oxygen atoms in total. The Morgan fingerprint density at radius 3 is 3.07 bits per heavy atom. The molecule has 1 aliphatic rings. The first-order valence-corrected chi connectivity index (χ1v) is 10.1. The number of aromatic nitrogens is 5. The molecule has 0 spiro atoms. The summed E-state index contributed by atoms with van der Waals surface area (Å²) in [6.45, 7) is 4.61. The fourth-order valence-corrected chi connectivity index (χ4v) is 3.65. The molecular formula is C22H23N7O. The Labute approximate surface area is 174 Å². The summed E-state index contributed by atoms with van der Waals surface area (Å²) in [4.78, 5) is 13.2. The van der Waals surface area contributed by atoms with Gasteiger partial charge in [0.25, 0.3) is 0 Å². The Kier molecular flexibility index (Phi) is 4.98. The third kappa shape index (κ3) is 4.08. The second kappa shape index (κ2) is 8.08. The number of rotatable bonds is 6. The molecule has 2 aromatic heterocycles. The first kappa shape index (κ1) is 18.5. The van der Waals surface area contributed by atoms with Gasteiger partial charge in [0.1, 0.15) is 24.5 Å². The lowest BCUT2D eigenvalue weighted by atomic mass is 10.1. The van der Waals surface area contributed by atoms with Gasteiger partial charge in [-0.15, -0.1) is 0 Å². The molecule has 0 amide bonds. The molecule has 1 saturated heterocycles. The number of fused-ring (bicyclic) bond motifs is 1. The fraction of sp³-hybridized carbons (Fsp3) is 0.273. The number of hydrogen-bond acceptors (Lipinski definition) is 7. The van der Waals surface area contributed by atoms with Crippen LogP contribution in [0.25, 0.3) is 10.9 Å². The minimum atomic E-state index is 0.216. The molecule has 30 heavy (non-hydrogen) atoms. The number of ether oxygens (including phenoxy) is 1. The molecule has 3 heterocycles. The molecule has 0 saturated carbocycles. The van der Waals surface area contributed by atoms with Crippen LogP contribution in [0.1, 0.15) is 17.5 Å². The Balaban J connectivity index is 1.37. The molecule has 0 radical (unpaired) electrons. The van der Waals surface area contributed by atoms with Crippen molar-refractivity contribution < 1.29 is 4.74 Å². The van der Waals surface area contributed by atoms with E-state index >= 15 is 0 Å². The van der Waals surface area contributed by atoms with Crippen LogP contribution in [0, 0.1) is 6.92 Å². The molecule has 8 heteroatoms. The SMILES string of the molecule is Cc1cc2cnc(Nc3cccc(Cn4cncn4)c3)nc2cc1OC1CCNC1. The zero-order chi connectivity index (χ0) is 20.3. The number of anilines is 2. The predicted molar refractivity (Wildman–Crippen MR) is 115 cm³/mol. The van der Waals surface area contributed by atoms with Gasteiger partial charge < -0.3 is 15.4 Å². The largest absolute Gasteiger partial charge is 0.489 e. The third-order valence-corrected chi connectivity index (χ3v) is 5.18. The van der Waals surface area contributed by atoms with Crippen molar-refractivity contribution in [2.45, 2.75) is 26.0 Å². The van der Waals surface area contributed by atoms with Crippen LogP contribution in [0.15, 0.2) is 55.2 Å². The fourth-order valence-electron chi connectivity index (χ4n) is 3.65. The standard InChI is InChI=1S/C22H23N7O/c1-15-7-17-10-25-22(28-20(17)9-21(15)30-19-5-6-23-11-19)27-18-4-2-3-16(8-18)12-29-14-24-13-26-29/h2-4,7-10,13-14,19,23H,5-6,11-12H2,1H3,(H,25,27,28). The van der Waals surface area contributed by atoms with Crippen molar-refractivity contribution in [1.29, 1.82) is 0 Å². The third-order valence-electron chi connectivity index (χ3n) is 5.18. The lowest BCUT2D eigenvalue weighted by Crippen LogP contribution is -2.20. The summed E-state index contributed by atoms with van der Waals surface area (Å²) in [6, 6.07) is 12.2. The summed E-state index contributed by atoms with van der Waals surface area (Å²) in [5.74, 6) is 1.44. The zero-order valence-corrected chi connectivity index (χ0v) is 16.7. The summed E-state index contributed by atoms with van der Waals surface area (Å²) in [7, 11) is 0. The van der Waals surface area contributed by atoms with Crippen molar-refractivity contribution in [2.24, 2.45) is 0 Å². The van der Waals surface area contributed by atoms with Crippen molar-refractivity contribution in [2.75, 3.05) is 18.4 Å². The van der Waals surface area contributed by atoms with Gasteiger partial charge in [-0.3, -0.25) is 0 Å². The Morgan fingerprint density at radius 2 is 2.23 bits per heavy atom. The molecule has 0 bridgehead atoms. The number of nitrogens with zero attached hydrogens (tertiary/aromatic N) is 5. The van der Waals surface area contributed by atoms with Gasteiger partial charge in [0.05, 0.1) is 12.1 Å². The van der Waals surface area contributed by atoms with E-state index in [1.54, 1.807) is 11.0 Å². The highest BCUT2D eigenvalue weighted by Crippen LogP contribution is 2.27. The van der Waals surface area contributed by atoms with Crippen LogP contribution in [0.2, 0.25) is 0 Å². The van der Waals surface area contributed by atoms with Crippen molar-refractivity contribution >= 4 is 22.5 Å². The van der Waals surface area contributed by atoms with Crippen molar-refractivity contribution in [1.82, 2.24) is 30.0 Å². The highest BCUT2D eigenvalue weighted by atomic mass is 16.5. The van der Waals surface area contributed by atoms with Gasteiger partial charge in [-0.25, -0.2) is 19.6 Å². The minimum Gasteiger partial charge on any atom is -0.489 e. The number of benzene rings is 2. The smallest absolute Gasteiger partial charge is 0.227 e. The number of aryl methyl sites for hydroxylation is 1. The normalized spacial score (nSPS) is 16.1. The van der Waals surface area contributed by atoms with E-state index in [0.717, 1.165) is 53.0 Å². The Hall–Kier alpha value is -3.52. The molecule has 4 aromatic rings. The summed E-state index contributed by atoms with van der Waals surface area (Å²) < 4.78 is 7.97. The molecule has 2 aromatic carbocycles. The van der Waals surface area contributed by atoms with Crippen molar-refractivity contribution in [3.63, 3.8) is 0 Å². The topological polar surface area (TPSA) is 89.8 Å². The van der Waals surface area contributed by atoms with E-state index in [9.17, 15) is 0 Å². The van der Waals surface area contributed by atoms with Gasteiger partial charge in [0.2, 0.25) is 5.95 Å². The van der Waals surface area contributed by atoms with E-state index in [1.165, 1.54) is 6.33 Å². The predicted octanol–water partition coefficient (Wildman–Crippen LogP) is 3.06. The van der Waals surface area contributed by atoms with Crippen LogP contribution < -0.4 is 15.4 Å². The first-order valence-electron chi connectivity index (χ1n) is 10.1. The second-order valence-electron chi connectivity index (χ2n) is 7.52. The van der Waals surface area contributed by atoms with Gasteiger partial charge >= 0.3 is 0 Å². The molecular weight excluding hydrogens is 378 g/mol. The highest BCUT2D eigenvalue weighted by Gasteiger charge is 2.17. The van der Waals surface area contributed by atoms with Gasteiger partial charge in [0, 0.05) is 29.9 Å². The van der Waals surface area contributed by atoms with Gasteiger partial charge in [-0.1, -0.05) is 12.1 Å². The van der Waals surface area contributed by atoms with E-state index in [0.29, 0.717) is 12.5 Å². The summed E-state index contributed by atoms with van der Waals surface area (Å²) in [6.07, 6.45) is 6.33.